The first kappa shape index (κ1) is 12.5. The summed E-state index contributed by atoms with van der Waals surface area (Å²) in [6, 6.07) is 2.46. The van der Waals surface area contributed by atoms with E-state index in [1.807, 2.05) is 13.1 Å². The predicted octanol–water partition coefficient (Wildman–Crippen LogP) is 4.47. The number of hydrogen-bond acceptors (Lipinski definition) is 2. The van der Waals surface area contributed by atoms with Crippen molar-refractivity contribution in [3.8, 4) is 0 Å². The molecule has 1 heterocycles. The fourth-order valence-corrected chi connectivity index (χ4v) is 3.25. The van der Waals surface area contributed by atoms with E-state index in [1.54, 1.807) is 11.3 Å². The van der Waals surface area contributed by atoms with E-state index in [1.165, 1.54) is 4.88 Å². The van der Waals surface area contributed by atoms with Gasteiger partial charge in [0.25, 0.3) is 0 Å². The topological polar surface area (TPSA) is 12.0 Å². The zero-order chi connectivity index (χ0) is 10.7. The molecule has 0 spiro atoms. The summed E-state index contributed by atoms with van der Waals surface area (Å²) in [6.07, 6.45) is 1.14. The van der Waals surface area contributed by atoms with Gasteiger partial charge < -0.3 is 5.32 Å². The minimum absolute atomic E-state index is 0.420. The minimum atomic E-state index is 0.420. The Morgan fingerprint density at radius 2 is 2.21 bits per heavy atom. The maximum Gasteiger partial charge on any atom is 0.0887 e. The quantitative estimate of drug-likeness (QED) is 0.864. The van der Waals surface area contributed by atoms with Crippen molar-refractivity contribution in [3.63, 3.8) is 0 Å². The van der Waals surface area contributed by atoms with Gasteiger partial charge in [-0.1, -0.05) is 25.4 Å². The van der Waals surface area contributed by atoms with E-state index >= 15 is 0 Å². The molecule has 1 aromatic heterocycles. The van der Waals surface area contributed by atoms with Gasteiger partial charge in [-0.2, -0.15) is 0 Å². The molecule has 4 heteroatoms. The minimum Gasteiger partial charge on any atom is -0.312 e. The lowest BCUT2D eigenvalue weighted by Gasteiger charge is -2.16. The van der Waals surface area contributed by atoms with Crippen molar-refractivity contribution >= 4 is 38.9 Å². The molecule has 0 aromatic carbocycles. The van der Waals surface area contributed by atoms with Crippen molar-refractivity contribution < 1.29 is 0 Å². The number of halogens is 2. The average Bonchev–Trinajstić information content (AvgIpc) is 2.42. The molecule has 1 atom stereocenters. The van der Waals surface area contributed by atoms with Gasteiger partial charge in [-0.3, -0.25) is 0 Å². The van der Waals surface area contributed by atoms with Gasteiger partial charge in [0.05, 0.1) is 8.81 Å². The maximum absolute atomic E-state index is 6.00. The Balaban J connectivity index is 2.78. The third kappa shape index (κ3) is 3.23. The SMILES string of the molecule is CNC(CC(C)C)c1cc(Cl)c(Br)s1. The standard InChI is InChI=1S/C10H15BrClNS/c1-6(2)4-8(13-3)9-5-7(12)10(11)14-9/h5-6,8,13H,4H2,1-3H3. The van der Waals surface area contributed by atoms with E-state index in [9.17, 15) is 0 Å². The largest absolute Gasteiger partial charge is 0.312 e. The van der Waals surface area contributed by atoms with Gasteiger partial charge in [0, 0.05) is 10.9 Å². The summed E-state index contributed by atoms with van der Waals surface area (Å²) in [5, 5.41) is 4.14. The van der Waals surface area contributed by atoms with E-state index in [4.69, 9.17) is 11.6 Å². The molecule has 1 aromatic rings. The molecular weight excluding hydrogens is 282 g/mol. The van der Waals surface area contributed by atoms with Crippen LogP contribution in [0.3, 0.4) is 0 Å². The van der Waals surface area contributed by atoms with Crippen LogP contribution in [0, 0.1) is 5.92 Å². The molecule has 0 fully saturated rings. The molecule has 0 aliphatic heterocycles. The fourth-order valence-electron chi connectivity index (χ4n) is 1.38. The summed E-state index contributed by atoms with van der Waals surface area (Å²) in [5.41, 5.74) is 0. The van der Waals surface area contributed by atoms with E-state index in [-0.39, 0.29) is 0 Å². The zero-order valence-corrected chi connectivity index (χ0v) is 11.8. The summed E-state index contributed by atoms with van der Waals surface area (Å²) in [7, 11) is 1.99. The first-order valence-corrected chi connectivity index (χ1v) is 6.65. The Morgan fingerprint density at radius 3 is 2.57 bits per heavy atom. The number of thiophene rings is 1. The summed E-state index contributed by atoms with van der Waals surface area (Å²) >= 11 is 11.2. The van der Waals surface area contributed by atoms with Crippen molar-refractivity contribution in [1.82, 2.24) is 5.32 Å². The van der Waals surface area contributed by atoms with Crippen LogP contribution >= 0.6 is 38.9 Å². The van der Waals surface area contributed by atoms with Crippen LogP contribution in [0.25, 0.3) is 0 Å². The Bertz CT molecular complexity index is 279. The van der Waals surface area contributed by atoms with Crippen molar-refractivity contribution in [2.75, 3.05) is 7.05 Å². The first-order valence-electron chi connectivity index (χ1n) is 4.66. The van der Waals surface area contributed by atoms with Crippen molar-refractivity contribution in [2.24, 2.45) is 5.92 Å². The molecule has 0 aliphatic rings. The van der Waals surface area contributed by atoms with Crippen LogP contribution < -0.4 is 5.32 Å². The summed E-state index contributed by atoms with van der Waals surface area (Å²) in [4.78, 5) is 1.30. The van der Waals surface area contributed by atoms with E-state index in [2.05, 4.69) is 35.1 Å². The summed E-state index contributed by atoms with van der Waals surface area (Å²) in [5.74, 6) is 0.687. The molecule has 14 heavy (non-hydrogen) atoms. The number of rotatable bonds is 4. The molecule has 1 N–H and O–H groups in total. The molecule has 0 radical (unpaired) electrons. The molecule has 1 rings (SSSR count). The van der Waals surface area contributed by atoms with E-state index < -0.39 is 0 Å². The molecule has 1 nitrogen and oxygen atoms in total. The van der Waals surface area contributed by atoms with Gasteiger partial charge in [-0.15, -0.1) is 11.3 Å². The molecule has 0 aliphatic carbocycles. The lowest BCUT2D eigenvalue weighted by molar-refractivity contribution is 0.462. The number of nitrogens with one attached hydrogen (secondary N) is 1. The molecule has 1 unspecified atom stereocenters. The van der Waals surface area contributed by atoms with Crippen molar-refractivity contribution in [1.29, 1.82) is 0 Å². The smallest absolute Gasteiger partial charge is 0.0887 e. The molecule has 0 saturated carbocycles. The summed E-state index contributed by atoms with van der Waals surface area (Å²) in [6.45, 7) is 4.46. The second kappa shape index (κ2) is 5.50. The van der Waals surface area contributed by atoms with Gasteiger partial charge >= 0.3 is 0 Å². The fraction of sp³-hybridized carbons (Fsp3) is 0.600. The van der Waals surface area contributed by atoms with Crippen LogP contribution in [0.1, 0.15) is 31.2 Å². The Kier molecular flexibility index (Phi) is 4.91. The molecule has 80 valence electrons. The van der Waals surface area contributed by atoms with Crippen molar-refractivity contribution in [2.45, 2.75) is 26.3 Å². The molecular formula is C10H15BrClNS. The van der Waals surface area contributed by atoms with Crippen LogP contribution in [-0.4, -0.2) is 7.05 Å². The zero-order valence-electron chi connectivity index (χ0n) is 8.60. The van der Waals surface area contributed by atoms with Gasteiger partial charge in [0.15, 0.2) is 0 Å². The Labute approximate surface area is 103 Å². The highest BCUT2D eigenvalue weighted by atomic mass is 79.9. The molecule has 0 amide bonds. The lowest BCUT2D eigenvalue weighted by Crippen LogP contribution is -2.17. The van der Waals surface area contributed by atoms with E-state index in [0.29, 0.717) is 12.0 Å². The second-order valence-electron chi connectivity index (χ2n) is 3.74. The van der Waals surface area contributed by atoms with Gasteiger partial charge in [0.2, 0.25) is 0 Å². The van der Waals surface area contributed by atoms with E-state index in [0.717, 1.165) is 15.2 Å². The average molecular weight is 297 g/mol. The Hall–Kier alpha value is 0.430. The van der Waals surface area contributed by atoms with Gasteiger partial charge in [0.1, 0.15) is 0 Å². The summed E-state index contributed by atoms with van der Waals surface area (Å²) < 4.78 is 1.03. The highest BCUT2D eigenvalue weighted by Crippen LogP contribution is 2.36. The normalized spacial score (nSPS) is 13.6. The molecule has 0 saturated heterocycles. The highest BCUT2D eigenvalue weighted by Gasteiger charge is 2.15. The number of hydrogen-bond donors (Lipinski definition) is 1. The van der Waals surface area contributed by atoms with Crippen LogP contribution in [0.4, 0.5) is 0 Å². The predicted molar refractivity (Wildman–Crippen MR) is 68.3 cm³/mol. The van der Waals surface area contributed by atoms with Crippen LogP contribution in [0.15, 0.2) is 9.85 Å². The highest BCUT2D eigenvalue weighted by molar-refractivity contribution is 9.11. The third-order valence-electron chi connectivity index (χ3n) is 2.06. The Morgan fingerprint density at radius 1 is 1.57 bits per heavy atom. The maximum atomic E-state index is 6.00. The van der Waals surface area contributed by atoms with Crippen LogP contribution in [0.2, 0.25) is 5.02 Å². The van der Waals surface area contributed by atoms with Gasteiger partial charge in [-0.05, 0) is 41.4 Å². The van der Waals surface area contributed by atoms with Crippen LogP contribution in [0.5, 0.6) is 0 Å². The van der Waals surface area contributed by atoms with Gasteiger partial charge in [-0.25, -0.2) is 0 Å². The monoisotopic (exact) mass is 295 g/mol. The second-order valence-corrected chi connectivity index (χ2v) is 6.55. The lowest BCUT2D eigenvalue weighted by atomic mass is 10.0. The van der Waals surface area contributed by atoms with Crippen molar-refractivity contribution in [3.05, 3.63) is 19.8 Å². The van der Waals surface area contributed by atoms with Crippen LogP contribution in [-0.2, 0) is 0 Å². The molecule has 0 bridgehead atoms. The first-order chi connectivity index (χ1) is 6.54. The third-order valence-corrected chi connectivity index (χ3v) is 4.65.